The Balaban J connectivity index is 2.23. The lowest BCUT2D eigenvalue weighted by Crippen LogP contribution is -2.43. The van der Waals surface area contributed by atoms with Crippen LogP contribution in [0.3, 0.4) is 0 Å². The van der Waals surface area contributed by atoms with Crippen LogP contribution in [-0.4, -0.2) is 18.2 Å². The molecule has 2 rings (SSSR count). The lowest BCUT2D eigenvalue weighted by Gasteiger charge is -2.31. The molecule has 1 aromatic carbocycles. The third-order valence-electron chi connectivity index (χ3n) is 3.28. The fraction of sp³-hybridized carbons (Fsp3) is 0.429. The van der Waals surface area contributed by atoms with E-state index in [4.69, 9.17) is 0 Å². The van der Waals surface area contributed by atoms with Gasteiger partial charge in [-0.15, -0.1) is 0 Å². The Bertz CT molecular complexity index is 436. The van der Waals surface area contributed by atoms with E-state index >= 15 is 0 Å². The molecule has 1 aliphatic heterocycles. The van der Waals surface area contributed by atoms with Gasteiger partial charge >= 0.3 is 0 Å². The molecule has 0 saturated carbocycles. The minimum atomic E-state index is -0.440. The van der Waals surface area contributed by atoms with Crippen LogP contribution < -0.4 is 4.90 Å². The van der Waals surface area contributed by atoms with Gasteiger partial charge in [-0.25, -0.2) is 0 Å². The van der Waals surface area contributed by atoms with E-state index in [-0.39, 0.29) is 11.7 Å². The number of anilines is 1. The van der Waals surface area contributed by atoms with Crippen LogP contribution >= 0.6 is 0 Å². The summed E-state index contributed by atoms with van der Waals surface area (Å²) in [5, 5.41) is 0. The topological polar surface area (TPSA) is 37.4 Å². The maximum Gasteiger partial charge on any atom is 0.237 e. The van der Waals surface area contributed by atoms with Crippen molar-refractivity contribution in [1.29, 1.82) is 0 Å². The molecular weight excluding hydrogens is 214 g/mol. The first-order valence-corrected chi connectivity index (χ1v) is 5.98. The maximum absolute atomic E-state index is 12.2. The lowest BCUT2D eigenvalue weighted by molar-refractivity contribution is -0.132. The van der Waals surface area contributed by atoms with E-state index in [1.54, 1.807) is 4.90 Å². The molecule has 0 unspecified atom stereocenters. The first-order valence-electron chi connectivity index (χ1n) is 5.98. The van der Waals surface area contributed by atoms with Gasteiger partial charge in [0, 0.05) is 12.2 Å². The summed E-state index contributed by atoms with van der Waals surface area (Å²) in [7, 11) is 0. The van der Waals surface area contributed by atoms with E-state index in [0.717, 1.165) is 12.1 Å². The molecule has 3 nitrogen and oxygen atoms in total. The molecule has 3 heteroatoms. The Morgan fingerprint density at radius 1 is 1.29 bits per heavy atom. The summed E-state index contributed by atoms with van der Waals surface area (Å²) < 4.78 is 0. The summed E-state index contributed by atoms with van der Waals surface area (Å²) in [5.74, 6) is -0.510. The first kappa shape index (κ1) is 11.8. The van der Waals surface area contributed by atoms with E-state index in [2.05, 4.69) is 0 Å². The summed E-state index contributed by atoms with van der Waals surface area (Å²) >= 11 is 0. The number of Topliss-reactive ketones (excluding diaryl/α,β-unsaturated/α-hetero) is 1. The zero-order chi connectivity index (χ0) is 12.4. The molecule has 1 amide bonds. The minimum absolute atomic E-state index is 0.0215. The fourth-order valence-electron chi connectivity index (χ4n) is 2.23. The van der Waals surface area contributed by atoms with Crippen molar-refractivity contribution in [3.05, 3.63) is 29.8 Å². The van der Waals surface area contributed by atoms with Crippen LogP contribution in [0.5, 0.6) is 0 Å². The van der Waals surface area contributed by atoms with Crippen molar-refractivity contribution in [2.45, 2.75) is 26.7 Å². The van der Waals surface area contributed by atoms with Crippen molar-refractivity contribution in [3.8, 4) is 0 Å². The molecule has 1 atom stereocenters. The number of ketones is 1. The SMILES string of the molecule is CC(=O)[C@@H]1CCCN(c2ccc(C)cc2)C1=O. The van der Waals surface area contributed by atoms with E-state index < -0.39 is 5.92 Å². The highest BCUT2D eigenvalue weighted by atomic mass is 16.2. The van der Waals surface area contributed by atoms with Gasteiger partial charge in [-0.05, 0) is 38.8 Å². The summed E-state index contributed by atoms with van der Waals surface area (Å²) in [5.41, 5.74) is 2.06. The van der Waals surface area contributed by atoms with Crippen molar-refractivity contribution in [1.82, 2.24) is 0 Å². The normalized spacial score (nSPS) is 20.5. The quantitative estimate of drug-likeness (QED) is 0.732. The van der Waals surface area contributed by atoms with Crippen LogP contribution in [0.4, 0.5) is 5.69 Å². The minimum Gasteiger partial charge on any atom is -0.312 e. The Morgan fingerprint density at radius 2 is 1.94 bits per heavy atom. The van der Waals surface area contributed by atoms with E-state index in [9.17, 15) is 9.59 Å². The maximum atomic E-state index is 12.2. The molecule has 0 aromatic heterocycles. The first-order chi connectivity index (χ1) is 8.09. The van der Waals surface area contributed by atoms with Crippen LogP contribution in [-0.2, 0) is 9.59 Å². The van der Waals surface area contributed by atoms with Gasteiger partial charge in [0.1, 0.15) is 5.78 Å². The van der Waals surface area contributed by atoms with Crippen LogP contribution in [0.1, 0.15) is 25.3 Å². The summed E-state index contributed by atoms with van der Waals surface area (Å²) in [6.45, 7) is 4.23. The second kappa shape index (κ2) is 4.70. The zero-order valence-electron chi connectivity index (χ0n) is 10.3. The Labute approximate surface area is 101 Å². The van der Waals surface area contributed by atoms with E-state index in [1.165, 1.54) is 12.5 Å². The lowest BCUT2D eigenvalue weighted by atomic mass is 9.93. The number of nitrogens with zero attached hydrogens (tertiary/aromatic N) is 1. The van der Waals surface area contributed by atoms with Crippen molar-refractivity contribution >= 4 is 17.4 Å². The number of amides is 1. The molecule has 0 bridgehead atoms. The predicted molar refractivity (Wildman–Crippen MR) is 66.9 cm³/mol. The van der Waals surface area contributed by atoms with Gasteiger partial charge in [-0.1, -0.05) is 17.7 Å². The van der Waals surface area contributed by atoms with Gasteiger partial charge in [0.15, 0.2) is 0 Å². The van der Waals surface area contributed by atoms with Crippen LogP contribution in [0.15, 0.2) is 24.3 Å². The molecule has 1 aromatic rings. The molecular formula is C14H17NO2. The van der Waals surface area contributed by atoms with E-state index in [1.807, 2.05) is 31.2 Å². The highest BCUT2D eigenvalue weighted by Gasteiger charge is 2.32. The summed E-state index contributed by atoms with van der Waals surface area (Å²) in [6, 6.07) is 7.85. The number of rotatable bonds is 2. The fourth-order valence-corrected chi connectivity index (χ4v) is 2.23. The van der Waals surface area contributed by atoms with Gasteiger partial charge < -0.3 is 4.90 Å². The molecule has 1 aliphatic rings. The second-order valence-corrected chi connectivity index (χ2v) is 4.63. The smallest absolute Gasteiger partial charge is 0.237 e. The molecule has 1 fully saturated rings. The molecule has 0 spiro atoms. The number of benzene rings is 1. The molecule has 1 heterocycles. The molecule has 0 aliphatic carbocycles. The summed E-state index contributed by atoms with van der Waals surface area (Å²) in [6.07, 6.45) is 1.58. The number of carbonyl (C=O) groups is 2. The van der Waals surface area contributed by atoms with Crippen molar-refractivity contribution in [3.63, 3.8) is 0 Å². The average molecular weight is 231 g/mol. The highest BCUT2D eigenvalue weighted by Crippen LogP contribution is 2.25. The Morgan fingerprint density at radius 3 is 2.53 bits per heavy atom. The van der Waals surface area contributed by atoms with Crippen molar-refractivity contribution in [2.24, 2.45) is 5.92 Å². The Kier molecular flexibility index (Phi) is 3.27. The molecule has 1 saturated heterocycles. The van der Waals surface area contributed by atoms with Crippen LogP contribution in [0.2, 0.25) is 0 Å². The zero-order valence-corrected chi connectivity index (χ0v) is 10.3. The molecule has 90 valence electrons. The van der Waals surface area contributed by atoms with Gasteiger partial charge in [0.25, 0.3) is 0 Å². The van der Waals surface area contributed by atoms with Crippen molar-refractivity contribution in [2.75, 3.05) is 11.4 Å². The number of aryl methyl sites for hydroxylation is 1. The molecule has 17 heavy (non-hydrogen) atoms. The number of piperidine rings is 1. The standard InChI is InChI=1S/C14H17NO2/c1-10-5-7-12(8-6-10)15-9-3-4-13(11(2)16)14(15)17/h5-8,13H,3-4,9H2,1-2H3/t13-/m0/s1. The Hall–Kier alpha value is -1.64. The number of hydrogen-bond acceptors (Lipinski definition) is 2. The van der Waals surface area contributed by atoms with Crippen molar-refractivity contribution < 1.29 is 9.59 Å². The monoisotopic (exact) mass is 231 g/mol. The number of hydrogen-bond donors (Lipinski definition) is 0. The van der Waals surface area contributed by atoms with Gasteiger partial charge in [0.2, 0.25) is 5.91 Å². The summed E-state index contributed by atoms with van der Waals surface area (Å²) in [4.78, 5) is 25.3. The van der Waals surface area contributed by atoms with Gasteiger partial charge in [-0.3, -0.25) is 9.59 Å². The average Bonchev–Trinajstić information content (AvgIpc) is 2.30. The third kappa shape index (κ3) is 2.38. The number of carbonyl (C=O) groups excluding carboxylic acids is 2. The predicted octanol–water partition coefficient (Wildman–Crippen LogP) is 2.33. The van der Waals surface area contributed by atoms with Gasteiger partial charge in [0.05, 0.1) is 5.92 Å². The highest BCUT2D eigenvalue weighted by molar-refractivity contribution is 6.08. The van der Waals surface area contributed by atoms with E-state index in [0.29, 0.717) is 13.0 Å². The van der Waals surface area contributed by atoms with Crippen LogP contribution in [0, 0.1) is 12.8 Å². The van der Waals surface area contributed by atoms with Gasteiger partial charge in [-0.2, -0.15) is 0 Å². The molecule has 0 radical (unpaired) electrons. The largest absolute Gasteiger partial charge is 0.312 e. The third-order valence-corrected chi connectivity index (χ3v) is 3.28. The van der Waals surface area contributed by atoms with Crippen LogP contribution in [0.25, 0.3) is 0 Å². The second-order valence-electron chi connectivity index (χ2n) is 4.63. The molecule has 0 N–H and O–H groups in total.